The monoisotopic (exact) mass is 235 g/mol. The molecule has 1 N–H and O–H groups in total. The van der Waals surface area contributed by atoms with Crippen LogP contribution in [0.3, 0.4) is 0 Å². The van der Waals surface area contributed by atoms with E-state index in [1.165, 1.54) is 4.90 Å². The predicted molar refractivity (Wildman–Crippen MR) is 61.7 cm³/mol. The Morgan fingerprint density at radius 2 is 2.41 bits per heavy atom. The average Bonchev–Trinajstić information content (AvgIpc) is 2.34. The van der Waals surface area contributed by atoms with Gasteiger partial charge in [-0.2, -0.15) is 0 Å². The molecule has 0 aromatic carbocycles. The third-order valence-corrected chi connectivity index (χ3v) is 2.50. The summed E-state index contributed by atoms with van der Waals surface area (Å²) in [6.07, 6.45) is 1.59. The van der Waals surface area contributed by atoms with E-state index < -0.39 is 12.0 Å². The summed E-state index contributed by atoms with van der Waals surface area (Å²) >= 11 is 0. The fourth-order valence-corrected chi connectivity index (χ4v) is 1.68. The summed E-state index contributed by atoms with van der Waals surface area (Å²) in [5.74, 6) is -0.424. The second kappa shape index (κ2) is 4.40. The number of carbonyl (C=O) groups is 2. The first-order chi connectivity index (χ1) is 8.15. The molecule has 1 aromatic heterocycles. The Morgan fingerprint density at radius 3 is 3.12 bits per heavy atom. The van der Waals surface area contributed by atoms with E-state index in [1.807, 2.05) is 0 Å². The molecule has 1 aliphatic heterocycles. The maximum Gasteiger partial charge on any atom is 0.338 e. The molecule has 0 aliphatic carbocycles. The lowest BCUT2D eigenvalue weighted by Crippen LogP contribution is -2.50. The Morgan fingerprint density at radius 1 is 1.65 bits per heavy atom. The van der Waals surface area contributed by atoms with Crippen LogP contribution in [0.2, 0.25) is 0 Å². The molecule has 1 amide bonds. The minimum atomic E-state index is -0.989. The van der Waals surface area contributed by atoms with Gasteiger partial charge >= 0.3 is 5.97 Å². The number of nitrogens with zero attached hydrogens (tertiary/aromatic N) is 2. The number of carbonyl (C=O) groups excluding carboxylic acids is 2. The van der Waals surface area contributed by atoms with E-state index in [1.54, 1.807) is 32.3 Å². The third-order valence-electron chi connectivity index (χ3n) is 2.50. The zero-order chi connectivity index (χ0) is 12.4. The Balaban J connectivity index is 2.31. The van der Waals surface area contributed by atoms with Gasteiger partial charge in [-0.15, -0.1) is 0 Å². The number of esters is 1. The molecular formula is C11H13N3O3. The SMILES string of the molecule is CCOC(=O)C1Nc2cccnc2N(C)C1=O. The standard InChI is InChI=1S/C11H13N3O3/c1-3-17-11(16)8-10(15)14(2)9-7(13-8)5-4-6-12-9/h4-6,8,13H,3H2,1-2H3. The molecule has 6 heteroatoms. The van der Waals surface area contributed by atoms with Crippen LogP contribution < -0.4 is 10.2 Å². The summed E-state index contributed by atoms with van der Waals surface area (Å²) in [5.41, 5.74) is 0.646. The summed E-state index contributed by atoms with van der Waals surface area (Å²) in [4.78, 5) is 29.0. The van der Waals surface area contributed by atoms with Gasteiger partial charge in [0.15, 0.2) is 5.82 Å². The molecule has 6 nitrogen and oxygen atoms in total. The van der Waals surface area contributed by atoms with Crippen LogP contribution in [0, 0.1) is 0 Å². The van der Waals surface area contributed by atoms with Crippen molar-refractivity contribution in [2.24, 2.45) is 0 Å². The number of aromatic nitrogens is 1. The van der Waals surface area contributed by atoms with Gasteiger partial charge < -0.3 is 10.1 Å². The molecule has 1 aromatic rings. The molecule has 0 spiro atoms. The summed E-state index contributed by atoms with van der Waals surface area (Å²) in [7, 11) is 1.58. The van der Waals surface area contributed by atoms with E-state index in [0.717, 1.165) is 0 Å². The van der Waals surface area contributed by atoms with Crippen LogP contribution in [0.5, 0.6) is 0 Å². The van der Waals surface area contributed by atoms with Crippen LogP contribution in [0.15, 0.2) is 18.3 Å². The first kappa shape index (κ1) is 11.4. The average molecular weight is 235 g/mol. The number of fused-ring (bicyclic) bond motifs is 1. The first-order valence-electron chi connectivity index (χ1n) is 5.31. The molecule has 17 heavy (non-hydrogen) atoms. The fourth-order valence-electron chi connectivity index (χ4n) is 1.68. The molecule has 0 fully saturated rings. The minimum Gasteiger partial charge on any atom is -0.464 e. The van der Waals surface area contributed by atoms with E-state index in [9.17, 15) is 9.59 Å². The first-order valence-corrected chi connectivity index (χ1v) is 5.31. The van der Waals surface area contributed by atoms with Crippen LogP contribution in [0.25, 0.3) is 0 Å². The highest BCUT2D eigenvalue weighted by atomic mass is 16.5. The topological polar surface area (TPSA) is 71.5 Å². The van der Waals surface area contributed by atoms with Crippen molar-refractivity contribution < 1.29 is 14.3 Å². The second-order valence-electron chi connectivity index (χ2n) is 3.60. The highest BCUT2D eigenvalue weighted by Gasteiger charge is 2.36. The molecule has 2 rings (SSSR count). The normalized spacial score (nSPS) is 18.4. The molecule has 0 radical (unpaired) electrons. The number of pyridine rings is 1. The maximum atomic E-state index is 11.9. The second-order valence-corrected chi connectivity index (χ2v) is 3.60. The highest BCUT2D eigenvalue weighted by molar-refractivity contribution is 6.14. The number of rotatable bonds is 2. The molecule has 0 saturated carbocycles. The van der Waals surface area contributed by atoms with E-state index in [4.69, 9.17) is 4.74 Å². The van der Waals surface area contributed by atoms with Crippen molar-refractivity contribution in [3.05, 3.63) is 18.3 Å². The van der Waals surface area contributed by atoms with E-state index in [0.29, 0.717) is 11.5 Å². The fraction of sp³-hybridized carbons (Fsp3) is 0.364. The van der Waals surface area contributed by atoms with Gasteiger partial charge in [-0.1, -0.05) is 0 Å². The van der Waals surface area contributed by atoms with Gasteiger partial charge in [0.25, 0.3) is 5.91 Å². The molecule has 1 atom stereocenters. The number of hydrogen-bond donors (Lipinski definition) is 1. The lowest BCUT2D eigenvalue weighted by atomic mass is 10.1. The minimum absolute atomic E-state index is 0.244. The summed E-state index contributed by atoms with van der Waals surface area (Å²) in [6.45, 7) is 1.94. The van der Waals surface area contributed by atoms with Crippen LogP contribution in [0.4, 0.5) is 11.5 Å². The number of ether oxygens (including phenoxy) is 1. The lowest BCUT2D eigenvalue weighted by Gasteiger charge is -2.30. The van der Waals surface area contributed by atoms with Crippen molar-refractivity contribution in [1.82, 2.24) is 4.98 Å². The van der Waals surface area contributed by atoms with Crippen LogP contribution in [-0.4, -0.2) is 36.6 Å². The number of likely N-dealkylation sites (N-methyl/N-ethyl adjacent to an activating group) is 1. The van der Waals surface area contributed by atoms with Crippen molar-refractivity contribution in [3.63, 3.8) is 0 Å². The molecular weight excluding hydrogens is 222 g/mol. The number of anilines is 2. The van der Waals surface area contributed by atoms with Crippen molar-refractivity contribution >= 4 is 23.4 Å². The summed E-state index contributed by atoms with van der Waals surface area (Å²) in [5, 5.41) is 2.83. The van der Waals surface area contributed by atoms with Crippen molar-refractivity contribution in [1.29, 1.82) is 0 Å². The third kappa shape index (κ3) is 1.93. The molecule has 1 aliphatic rings. The van der Waals surface area contributed by atoms with Gasteiger partial charge in [0.1, 0.15) is 0 Å². The summed E-state index contributed by atoms with van der Waals surface area (Å²) < 4.78 is 4.85. The van der Waals surface area contributed by atoms with Gasteiger partial charge in [-0.05, 0) is 19.1 Å². The van der Waals surface area contributed by atoms with E-state index in [2.05, 4.69) is 10.3 Å². The van der Waals surface area contributed by atoms with Gasteiger partial charge in [0.2, 0.25) is 6.04 Å². The molecule has 2 heterocycles. The number of amides is 1. The van der Waals surface area contributed by atoms with Crippen molar-refractivity contribution in [3.8, 4) is 0 Å². The van der Waals surface area contributed by atoms with Gasteiger partial charge in [-0.3, -0.25) is 9.69 Å². The van der Waals surface area contributed by atoms with Crippen LogP contribution >= 0.6 is 0 Å². The maximum absolute atomic E-state index is 11.9. The van der Waals surface area contributed by atoms with Crippen molar-refractivity contribution in [2.45, 2.75) is 13.0 Å². The predicted octanol–water partition coefficient (Wildman–Crippen LogP) is 0.402. The van der Waals surface area contributed by atoms with Gasteiger partial charge in [-0.25, -0.2) is 9.78 Å². The van der Waals surface area contributed by atoms with Gasteiger partial charge in [0.05, 0.1) is 12.3 Å². The van der Waals surface area contributed by atoms with Gasteiger partial charge in [0, 0.05) is 13.2 Å². The molecule has 90 valence electrons. The van der Waals surface area contributed by atoms with E-state index in [-0.39, 0.29) is 12.5 Å². The zero-order valence-corrected chi connectivity index (χ0v) is 9.64. The molecule has 0 saturated heterocycles. The molecule has 1 unspecified atom stereocenters. The highest BCUT2D eigenvalue weighted by Crippen LogP contribution is 2.27. The quantitative estimate of drug-likeness (QED) is 0.593. The number of nitrogens with one attached hydrogen (secondary N) is 1. The Bertz CT molecular complexity index is 461. The smallest absolute Gasteiger partial charge is 0.338 e. The van der Waals surface area contributed by atoms with Crippen LogP contribution in [0.1, 0.15) is 6.92 Å². The number of hydrogen-bond acceptors (Lipinski definition) is 5. The largest absolute Gasteiger partial charge is 0.464 e. The van der Waals surface area contributed by atoms with E-state index >= 15 is 0 Å². The lowest BCUT2D eigenvalue weighted by molar-refractivity contribution is -0.146. The van der Waals surface area contributed by atoms with Crippen LogP contribution in [-0.2, 0) is 14.3 Å². The summed E-state index contributed by atoms with van der Waals surface area (Å²) in [6, 6.07) is 2.51. The Hall–Kier alpha value is -2.11. The Kier molecular flexibility index (Phi) is 2.95. The van der Waals surface area contributed by atoms with Crippen molar-refractivity contribution in [2.75, 3.05) is 23.9 Å². The Labute approximate surface area is 98.6 Å². The molecule has 0 bridgehead atoms. The zero-order valence-electron chi connectivity index (χ0n) is 9.64.